The van der Waals surface area contributed by atoms with Crippen molar-refractivity contribution in [1.29, 1.82) is 0 Å². The number of rotatable bonds is 9. The van der Waals surface area contributed by atoms with Gasteiger partial charge in [0, 0.05) is 49.4 Å². The molecule has 38 heavy (non-hydrogen) atoms. The Kier molecular flexibility index (Phi) is 8.57. The normalized spacial score (nSPS) is 17.7. The first-order valence-corrected chi connectivity index (χ1v) is 14.3. The molecule has 1 N–H and O–H groups in total. The minimum atomic E-state index is -0.466. The lowest BCUT2D eigenvalue weighted by molar-refractivity contribution is -0.126. The highest BCUT2D eigenvalue weighted by molar-refractivity contribution is 7.19. The monoisotopic (exact) mass is 557 g/mol. The van der Waals surface area contributed by atoms with Crippen LogP contribution in [0.1, 0.15) is 37.1 Å². The van der Waals surface area contributed by atoms with E-state index in [-0.39, 0.29) is 10.9 Å². The highest BCUT2D eigenvalue weighted by atomic mass is 35.5. The summed E-state index contributed by atoms with van der Waals surface area (Å²) in [5.74, 6) is 0.773. The van der Waals surface area contributed by atoms with Gasteiger partial charge in [0.25, 0.3) is 0 Å². The third-order valence-electron chi connectivity index (χ3n) is 6.86. The van der Waals surface area contributed by atoms with E-state index >= 15 is 0 Å². The number of fused-ring (bicyclic) bond motifs is 3. The molecule has 202 valence electrons. The Bertz CT molecular complexity index is 1320. The third-order valence-corrected chi connectivity index (χ3v) is 8.28. The summed E-state index contributed by atoms with van der Waals surface area (Å²) in [5.41, 5.74) is 1.81. The van der Waals surface area contributed by atoms with Gasteiger partial charge in [-0.15, -0.1) is 11.3 Å². The Labute approximate surface area is 231 Å². The van der Waals surface area contributed by atoms with Gasteiger partial charge in [-0.25, -0.2) is 14.4 Å². The fourth-order valence-electron chi connectivity index (χ4n) is 5.15. The van der Waals surface area contributed by atoms with Gasteiger partial charge in [-0.1, -0.05) is 31.5 Å². The highest BCUT2D eigenvalue weighted by Crippen LogP contribution is 2.38. The van der Waals surface area contributed by atoms with Crippen LogP contribution >= 0.6 is 22.9 Å². The van der Waals surface area contributed by atoms with Crippen LogP contribution in [-0.2, 0) is 22.5 Å². The summed E-state index contributed by atoms with van der Waals surface area (Å²) in [4.78, 5) is 28.2. The number of ether oxygens (including phenoxy) is 1. The van der Waals surface area contributed by atoms with Crippen LogP contribution in [0.25, 0.3) is 10.2 Å². The number of hydrogen-bond acceptors (Lipinski definition) is 7. The largest absolute Gasteiger partial charge is 0.377 e. The minimum absolute atomic E-state index is 0.0279. The first-order valence-electron chi connectivity index (χ1n) is 13.1. The van der Waals surface area contributed by atoms with Crippen molar-refractivity contribution < 1.29 is 13.9 Å². The maximum Gasteiger partial charge on any atom is 0.246 e. The summed E-state index contributed by atoms with van der Waals surface area (Å²) >= 11 is 7.54. The van der Waals surface area contributed by atoms with E-state index in [1.54, 1.807) is 29.5 Å². The Morgan fingerprint density at radius 1 is 1.39 bits per heavy atom. The Morgan fingerprint density at radius 3 is 3.03 bits per heavy atom. The van der Waals surface area contributed by atoms with Gasteiger partial charge in [0.05, 0.1) is 23.1 Å². The number of carbonyl (C=O) groups excluding carboxylic acids is 1. The van der Waals surface area contributed by atoms with E-state index in [9.17, 15) is 9.18 Å². The molecule has 10 heteroatoms. The van der Waals surface area contributed by atoms with Gasteiger partial charge in [-0.05, 0) is 48.9 Å². The molecule has 1 unspecified atom stereocenters. The molecular weight excluding hydrogens is 525 g/mol. The van der Waals surface area contributed by atoms with Gasteiger partial charge in [0.1, 0.15) is 22.8 Å². The van der Waals surface area contributed by atoms with E-state index in [1.165, 1.54) is 12.4 Å². The molecule has 1 amide bonds. The van der Waals surface area contributed by atoms with Gasteiger partial charge >= 0.3 is 0 Å². The van der Waals surface area contributed by atoms with Gasteiger partial charge < -0.3 is 15.0 Å². The van der Waals surface area contributed by atoms with Crippen molar-refractivity contribution >= 4 is 50.6 Å². The van der Waals surface area contributed by atoms with E-state index in [0.29, 0.717) is 36.6 Å². The van der Waals surface area contributed by atoms with Crippen molar-refractivity contribution in [2.75, 3.05) is 38.1 Å². The molecule has 4 heterocycles. The second kappa shape index (κ2) is 12.1. The molecule has 3 aromatic rings. The molecule has 1 atom stereocenters. The average molecular weight is 558 g/mol. The van der Waals surface area contributed by atoms with Crippen LogP contribution in [0.15, 0.2) is 36.7 Å². The molecule has 2 aliphatic rings. The lowest BCUT2D eigenvalue weighted by Crippen LogP contribution is -2.36. The number of nitrogens with zero attached hydrogens (tertiary/aromatic N) is 4. The van der Waals surface area contributed by atoms with Crippen LogP contribution < -0.4 is 5.32 Å². The predicted molar refractivity (Wildman–Crippen MR) is 151 cm³/mol. The number of hydrogen-bond donors (Lipinski definition) is 1. The molecule has 1 fully saturated rings. The van der Waals surface area contributed by atoms with Crippen molar-refractivity contribution in [2.24, 2.45) is 5.92 Å². The summed E-state index contributed by atoms with van der Waals surface area (Å²) in [7, 11) is 0. The van der Waals surface area contributed by atoms with Gasteiger partial charge in [-0.3, -0.25) is 9.69 Å². The van der Waals surface area contributed by atoms with Gasteiger partial charge in [0.15, 0.2) is 0 Å². The van der Waals surface area contributed by atoms with Crippen LogP contribution in [0.2, 0.25) is 5.02 Å². The number of thiophene rings is 1. The SMILES string of the molecule is CC(C)CN(CC=CC(=O)N1CCc2c(sc3ncnc(Nc4ccc(F)c(Cl)c4)c23)C1)CC1CCCO1. The van der Waals surface area contributed by atoms with Crippen LogP contribution in [0.4, 0.5) is 15.9 Å². The van der Waals surface area contributed by atoms with Crippen LogP contribution in [0.3, 0.4) is 0 Å². The second-order valence-electron chi connectivity index (χ2n) is 10.3. The van der Waals surface area contributed by atoms with Crippen LogP contribution in [-0.4, -0.2) is 64.6 Å². The molecular formula is C28H33ClFN5O2S. The zero-order chi connectivity index (χ0) is 26.6. The zero-order valence-corrected chi connectivity index (χ0v) is 23.3. The molecule has 0 aliphatic carbocycles. The van der Waals surface area contributed by atoms with E-state index in [4.69, 9.17) is 16.3 Å². The maximum absolute atomic E-state index is 13.6. The molecule has 0 saturated carbocycles. The topological polar surface area (TPSA) is 70.6 Å². The average Bonchev–Trinajstić information content (AvgIpc) is 3.53. The molecule has 0 bridgehead atoms. The molecule has 1 saturated heterocycles. The molecule has 1 aromatic carbocycles. The van der Waals surface area contributed by atoms with Crippen LogP contribution in [0, 0.1) is 11.7 Å². The number of benzene rings is 1. The Balaban J connectivity index is 1.25. The molecule has 2 aliphatic heterocycles. The predicted octanol–water partition coefficient (Wildman–Crippen LogP) is 5.81. The first kappa shape index (κ1) is 27.0. The number of nitrogens with one attached hydrogen (secondary N) is 1. The third kappa shape index (κ3) is 6.34. The molecule has 5 rings (SSSR count). The molecule has 0 spiro atoms. The minimum Gasteiger partial charge on any atom is -0.377 e. The first-order chi connectivity index (χ1) is 18.4. The fraction of sp³-hybridized carbons (Fsp3) is 0.464. The summed E-state index contributed by atoms with van der Waals surface area (Å²) in [5, 5.41) is 4.26. The Hall–Kier alpha value is -2.59. The second-order valence-corrected chi connectivity index (χ2v) is 11.8. The lowest BCUT2D eigenvalue weighted by Gasteiger charge is -2.27. The van der Waals surface area contributed by atoms with Crippen molar-refractivity contribution in [3.05, 3.63) is 58.0 Å². The number of amides is 1. The number of halogens is 2. The highest BCUT2D eigenvalue weighted by Gasteiger charge is 2.26. The van der Waals surface area contributed by atoms with Gasteiger partial charge in [0.2, 0.25) is 5.91 Å². The molecule has 2 aromatic heterocycles. The zero-order valence-electron chi connectivity index (χ0n) is 21.8. The van der Waals surface area contributed by atoms with Gasteiger partial charge in [-0.2, -0.15) is 0 Å². The summed E-state index contributed by atoms with van der Waals surface area (Å²) in [6.07, 6.45) is 8.49. The summed E-state index contributed by atoms with van der Waals surface area (Å²) in [6.45, 7) is 9.09. The van der Waals surface area contributed by atoms with Crippen molar-refractivity contribution in [1.82, 2.24) is 19.8 Å². The number of carbonyl (C=O) groups is 1. The quantitative estimate of drug-likeness (QED) is 0.335. The van der Waals surface area contributed by atoms with E-state index < -0.39 is 5.82 Å². The van der Waals surface area contributed by atoms with E-state index in [2.05, 4.69) is 34.0 Å². The van der Waals surface area contributed by atoms with Crippen molar-refractivity contribution in [3.8, 4) is 0 Å². The molecule has 7 nitrogen and oxygen atoms in total. The number of aromatic nitrogens is 2. The lowest BCUT2D eigenvalue weighted by atomic mass is 10.0. The summed E-state index contributed by atoms with van der Waals surface area (Å²) < 4.78 is 19.4. The summed E-state index contributed by atoms with van der Waals surface area (Å²) in [6, 6.07) is 4.50. The van der Waals surface area contributed by atoms with E-state index in [1.807, 2.05) is 11.0 Å². The van der Waals surface area contributed by atoms with Crippen LogP contribution in [0.5, 0.6) is 0 Å². The Morgan fingerprint density at radius 2 is 2.26 bits per heavy atom. The maximum atomic E-state index is 13.6. The number of anilines is 2. The standard InChI is InChI=1S/C28H33ClFN5O2S/c1-18(2)14-34(15-20-5-4-12-37-20)10-3-6-25(36)35-11-9-21-24(16-35)38-28-26(21)27(31-17-32-28)33-19-7-8-23(30)22(29)13-19/h3,6-8,13,17-18,20H,4-5,9-12,14-16H2,1-2H3,(H,31,32,33). The van der Waals surface area contributed by atoms with Crippen molar-refractivity contribution in [3.63, 3.8) is 0 Å². The molecule has 0 radical (unpaired) electrons. The smallest absolute Gasteiger partial charge is 0.246 e. The van der Waals surface area contributed by atoms with E-state index in [0.717, 1.165) is 66.2 Å². The fourth-order valence-corrected chi connectivity index (χ4v) is 6.53. The van der Waals surface area contributed by atoms with Crippen molar-refractivity contribution in [2.45, 2.75) is 45.8 Å².